The molecule has 0 saturated carbocycles. The minimum atomic E-state index is 0.0883. The molecule has 2 aromatic heterocycles. The summed E-state index contributed by atoms with van der Waals surface area (Å²) in [6.07, 6.45) is 2.54. The smallest absolute Gasteiger partial charge is 0.204 e. The van der Waals surface area contributed by atoms with Crippen LogP contribution in [0.5, 0.6) is 5.75 Å². The van der Waals surface area contributed by atoms with Gasteiger partial charge in [0.25, 0.3) is 0 Å². The number of nitrogens with one attached hydrogen (secondary N) is 2. The van der Waals surface area contributed by atoms with E-state index in [0.717, 1.165) is 22.2 Å². The van der Waals surface area contributed by atoms with Crippen LogP contribution in [0, 0.1) is 0 Å². The lowest BCUT2D eigenvalue weighted by atomic mass is 10.2. The second kappa shape index (κ2) is 7.47. The van der Waals surface area contributed by atoms with Crippen molar-refractivity contribution in [3.8, 4) is 5.75 Å². The molecule has 0 aliphatic carbocycles. The quantitative estimate of drug-likeness (QED) is 0.798. The van der Waals surface area contributed by atoms with Crippen molar-refractivity contribution in [2.24, 2.45) is 0 Å². The largest absolute Gasteiger partial charge is 0.490 e. The monoisotopic (exact) mass is 326 g/mol. The van der Waals surface area contributed by atoms with Gasteiger partial charge in [-0.1, -0.05) is 18.5 Å². The molecule has 0 amide bonds. The Morgan fingerprint density at radius 1 is 1.33 bits per heavy atom. The highest BCUT2D eigenvalue weighted by molar-refractivity contribution is 7.16. The number of nitrogens with zero attached hydrogens (tertiary/aromatic N) is 2. The van der Waals surface area contributed by atoms with Gasteiger partial charge >= 0.3 is 0 Å². The van der Waals surface area contributed by atoms with Crippen LogP contribution in [0.25, 0.3) is 0 Å². The lowest BCUT2D eigenvalue weighted by molar-refractivity contribution is 0.414. The van der Waals surface area contributed by atoms with Gasteiger partial charge in [0.05, 0.1) is 17.5 Å². The van der Waals surface area contributed by atoms with E-state index in [4.69, 9.17) is 16.3 Å². The Morgan fingerprint density at radius 2 is 2.10 bits per heavy atom. The molecule has 7 heteroatoms. The molecule has 2 aromatic rings. The van der Waals surface area contributed by atoms with Crippen LogP contribution in [0.15, 0.2) is 18.5 Å². The fourth-order valence-corrected chi connectivity index (χ4v) is 2.94. The number of rotatable bonds is 7. The molecule has 0 aliphatic rings. The normalized spacial score (nSPS) is 12.0. The summed E-state index contributed by atoms with van der Waals surface area (Å²) >= 11 is 7.53. The number of hydrogen-bond acceptors (Lipinski definition) is 6. The van der Waals surface area contributed by atoms with Gasteiger partial charge in [0.15, 0.2) is 11.6 Å². The van der Waals surface area contributed by atoms with Crippen molar-refractivity contribution < 1.29 is 4.74 Å². The van der Waals surface area contributed by atoms with E-state index in [1.165, 1.54) is 6.33 Å². The molecule has 2 heterocycles. The highest BCUT2D eigenvalue weighted by Gasteiger charge is 2.15. The van der Waals surface area contributed by atoms with Gasteiger partial charge in [0.2, 0.25) is 5.75 Å². The number of aromatic nitrogens is 2. The zero-order chi connectivity index (χ0) is 15.2. The number of methoxy groups -OCH3 is 1. The topological polar surface area (TPSA) is 59.1 Å². The molecule has 0 fully saturated rings. The van der Waals surface area contributed by atoms with E-state index in [1.54, 1.807) is 18.4 Å². The fraction of sp³-hybridized carbons (Fsp3) is 0.429. The maximum absolute atomic E-state index is 5.98. The molecular weight excluding hydrogens is 308 g/mol. The summed E-state index contributed by atoms with van der Waals surface area (Å²) in [5.74, 6) is 2.00. The van der Waals surface area contributed by atoms with Crippen LogP contribution in [-0.4, -0.2) is 23.6 Å². The highest BCUT2D eigenvalue weighted by Crippen LogP contribution is 2.33. The van der Waals surface area contributed by atoms with Crippen molar-refractivity contribution in [3.63, 3.8) is 0 Å². The molecule has 0 aliphatic heterocycles. The van der Waals surface area contributed by atoms with Gasteiger partial charge in [-0.2, -0.15) is 0 Å². The van der Waals surface area contributed by atoms with Crippen LogP contribution in [-0.2, 0) is 0 Å². The minimum Gasteiger partial charge on any atom is -0.490 e. The van der Waals surface area contributed by atoms with Gasteiger partial charge in [0, 0.05) is 11.4 Å². The average molecular weight is 327 g/mol. The molecule has 0 spiro atoms. The molecule has 0 bridgehead atoms. The van der Waals surface area contributed by atoms with Crippen molar-refractivity contribution in [3.05, 3.63) is 27.7 Å². The van der Waals surface area contributed by atoms with Gasteiger partial charge in [-0.3, -0.25) is 0 Å². The molecule has 114 valence electrons. The van der Waals surface area contributed by atoms with Gasteiger partial charge in [0.1, 0.15) is 6.33 Å². The van der Waals surface area contributed by atoms with Gasteiger partial charge in [-0.15, -0.1) is 11.3 Å². The van der Waals surface area contributed by atoms with Gasteiger partial charge < -0.3 is 15.4 Å². The molecule has 5 nitrogen and oxygen atoms in total. The van der Waals surface area contributed by atoms with Crippen LogP contribution in [0.4, 0.5) is 11.6 Å². The summed E-state index contributed by atoms with van der Waals surface area (Å²) < 4.78 is 6.22. The Hall–Kier alpha value is -1.53. The first-order chi connectivity index (χ1) is 10.2. The number of hydrogen-bond donors (Lipinski definition) is 2. The third-order valence-corrected chi connectivity index (χ3v) is 4.34. The van der Waals surface area contributed by atoms with Crippen molar-refractivity contribution in [2.75, 3.05) is 24.3 Å². The van der Waals surface area contributed by atoms with E-state index in [9.17, 15) is 0 Å². The Morgan fingerprint density at radius 3 is 2.71 bits per heavy atom. The summed E-state index contributed by atoms with van der Waals surface area (Å²) in [5, 5.41) is 6.58. The van der Waals surface area contributed by atoms with Crippen molar-refractivity contribution >= 4 is 34.6 Å². The van der Waals surface area contributed by atoms with Crippen LogP contribution in [0.1, 0.15) is 31.2 Å². The molecule has 2 N–H and O–H groups in total. The zero-order valence-corrected chi connectivity index (χ0v) is 13.9. The molecule has 1 atom stereocenters. The Balaban J connectivity index is 2.18. The van der Waals surface area contributed by atoms with Crippen molar-refractivity contribution in [1.82, 2.24) is 9.97 Å². The molecule has 21 heavy (non-hydrogen) atoms. The number of halogens is 1. The summed E-state index contributed by atoms with van der Waals surface area (Å²) in [6.45, 7) is 4.99. The molecular formula is C14H19ClN4OS. The number of ether oxygens (including phenoxy) is 1. The molecule has 0 saturated heterocycles. The maximum atomic E-state index is 5.98. The van der Waals surface area contributed by atoms with E-state index < -0.39 is 0 Å². The fourth-order valence-electron chi connectivity index (χ4n) is 1.88. The summed E-state index contributed by atoms with van der Waals surface area (Å²) in [7, 11) is 1.62. The van der Waals surface area contributed by atoms with Crippen LogP contribution in [0.3, 0.4) is 0 Å². The Labute approximate surface area is 133 Å². The third kappa shape index (κ3) is 3.98. The van der Waals surface area contributed by atoms with E-state index in [-0.39, 0.29) is 6.04 Å². The predicted molar refractivity (Wildman–Crippen MR) is 88.7 cm³/mol. The summed E-state index contributed by atoms with van der Waals surface area (Å²) in [4.78, 5) is 9.64. The van der Waals surface area contributed by atoms with E-state index in [1.807, 2.05) is 12.1 Å². The summed E-state index contributed by atoms with van der Waals surface area (Å²) in [5.41, 5.74) is 0. The zero-order valence-electron chi connectivity index (χ0n) is 12.3. The molecule has 0 radical (unpaired) electrons. The minimum absolute atomic E-state index is 0.0883. The summed E-state index contributed by atoms with van der Waals surface area (Å²) in [6, 6.07) is 3.99. The predicted octanol–water partition coefficient (Wildman–Crippen LogP) is 4.20. The number of thiophene rings is 1. The molecule has 0 aromatic carbocycles. The van der Waals surface area contributed by atoms with Crippen LogP contribution >= 0.6 is 22.9 Å². The number of anilines is 2. The SMILES string of the molecule is CCCNc1ncnc(NC(C)c2ccc(Cl)s2)c1OC. The standard InChI is InChI=1S/C14H19ClN4OS/c1-4-7-16-13-12(20-3)14(18-8-17-13)19-9(2)10-5-6-11(15)21-10/h5-6,8-9H,4,7H2,1-3H3,(H2,16,17,18,19). The van der Waals surface area contributed by atoms with Crippen LogP contribution < -0.4 is 15.4 Å². The second-order valence-corrected chi connectivity index (χ2v) is 6.29. The van der Waals surface area contributed by atoms with Crippen LogP contribution in [0.2, 0.25) is 4.34 Å². The first-order valence-corrected chi connectivity index (χ1v) is 7.99. The van der Waals surface area contributed by atoms with E-state index in [0.29, 0.717) is 17.4 Å². The third-order valence-electron chi connectivity index (χ3n) is 2.92. The lowest BCUT2D eigenvalue weighted by Crippen LogP contribution is -2.11. The second-order valence-electron chi connectivity index (χ2n) is 4.54. The first kappa shape index (κ1) is 15.9. The Bertz CT molecular complexity index is 590. The average Bonchev–Trinajstić information content (AvgIpc) is 2.92. The maximum Gasteiger partial charge on any atom is 0.204 e. The highest BCUT2D eigenvalue weighted by atomic mass is 35.5. The first-order valence-electron chi connectivity index (χ1n) is 6.80. The van der Waals surface area contributed by atoms with E-state index in [2.05, 4.69) is 34.4 Å². The van der Waals surface area contributed by atoms with Gasteiger partial charge in [-0.25, -0.2) is 9.97 Å². The molecule has 2 rings (SSSR count). The Kier molecular flexibility index (Phi) is 5.64. The molecule has 1 unspecified atom stereocenters. The van der Waals surface area contributed by atoms with Gasteiger partial charge in [-0.05, 0) is 25.5 Å². The van der Waals surface area contributed by atoms with Crippen molar-refractivity contribution in [1.29, 1.82) is 0 Å². The lowest BCUT2D eigenvalue weighted by Gasteiger charge is -2.17. The van der Waals surface area contributed by atoms with E-state index >= 15 is 0 Å². The van der Waals surface area contributed by atoms with Crippen molar-refractivity contribution in [2.45, 2.75) is 26.3 Å².